The molecular formula is C16H26O4. The molecule has 3 aliphatic rings. The fourth-order valence-electron chi connectivity index (χ4n) is 4.66. The maximum atomic E-state index is 12.0. The number of rotatable bonds is 2. The number of ether oxygens (including phenoxy) is 2. The van der Waals surface area contributed by atoms with Gasteiger partial charge in [-0.05, 0) is 56.8 Å². The third-order valence-electron chi connectivity index (χ3n) is 5.90. The second kappa shape index (κ2) is 5.30. The summed E-state index contributed by atoms with van der Waals surface area (Å²) in [5.41, 5.74) is -0.593. The van der Waals surface area contributed by atoms with E-state index in [1.54, 1.807) is 0 Å². The molecule has 0 aromatic heterocycles. The van der Waals surface area contributed by atoms with Crippen molar-refractivity contribution in [2.75, 3.05) is 19.8 Å². The van der Waals surface area contributed by atoms with Gasteiger partial charge in [0.2, 0.25) is 0 Å². The van der Waals surface area contributed by atoms with Crippen LogP contribution in [0.4, 0.5) is 0 Å². The second-order valence-corrected chi connectivity index (χ2v) is 7.14. The summed E-state index contributed by atoms with van der Waals surface area (Å²) in [6.07, 6.45) is 6.42. The standard InChI is InChI=1S/C16H26O4/c1-12-2-4-16(10-12,14(17)18)13-3-7-20-15(11-13)5-8-19-9-6-15/h12-13H,2-11H2,1H3,(H,17,18). The predicted octanol–water partition coefficient (Wildman–Crippen LogP) is 2.85. The molecule has 2 aliphatic heterocycles. The minimum atomic E-state index is -0.573. The first kappa shape index (κ1) is 14.3. The molecule has 2 saturated heterocycles. The summed E-state index contributed by atoms with van der Waals surface area (Å²) in [6, 6.07) is 0. The molecule has 4 nitrogen and oxygen atoms in total. The quantitative estimate of drug-likeness (QED) is 0.846. The van der Waals surface area contributed by atoms with E-state index in [0.717, 1.165) is 58.2 Å². The van der Waals surface area contributed by atoms with E-state index < -0.39 is 11.4 Å². The van der Waals surface area contributed by atoms with Gasteiger partial charge in [-0.25, -0.2) is 0 Å². The highest BCUT2D eigenvalue weighted by atomic mass is 16.5. The number of hydrogen-bond acceptors (Lipinski definition) is 3. The van der Waals surface area contributed by atoms with E-state index in [-0.39, 0.29) is 11.5 Å². The van der Waals surface area contributed by atoms with E-state index in [4.69, 9.17) is 9.47 Å². The highest BCUT2D eigenvalue weighted by Crippen LogP contribution is 2.53. The van der Waals surface area contributed by atoms with Crippen LogP contribution in [0.25, 0.3) is 0 Å². The molecule has 2 heterocycles. The summed E-state index contributed by atoms with van der Waals surface area (Å²) < 4.78 is 11.5. The van der Waals surface area contributed by atoms with Crippen molar-refractivity contribution >= 4 is 5.97 Å². The molecule has 0 bridgehead atoms. The van der Waals surface area contributed by atoms with Gasteiger partial charge in [-0.2, -0.15) is 0 Å². The van der Waals surface area contributed by atoms with Crippen molar-refractivity contribution in [2.24, 2.45) is 17.3 Å². The van der Waals surface area contributed by atoms with Gasteiger partial charge in [0.1, 0.15) is 0 Å². The number of carboxylic acids is 1. The van der Waals surface area contributed by atoms with E-state index in [1.165, 1.54) is 0 Å². The monoisotopic (exact) mass is 282 g/mol. The number of aliphatic carboxylic acids is 1. The van der Waals surface area contributed by atoms with Crippen LogP contribution in [0.5, 0.6) is 0 Å². The van der Waals surface area contributed by atoms with Crippen LogP contribution < -0.4 is 0 Å². The Kier molecular flexibility index (Phi) is 3.80. The molecule has 0 amide bonds. The summed E-state index contributed by atoms with van der Waals surface area (Å²) >= 11 is 0. The smallest absolute Gasteiger partial charge is 0.309 e. The molecule has 0 aromatic carbocycles. The first-order valence-electron chi connectivity index (χ1n) is 8.01. The molecule has 4 heteroatoms. The van der Waals surface area contributed by atoms with Crippen LogP contribution in [0.3, 0.4) is 0 Å². The van der Waals surface area contributed by atoms with Crippen molar-refractivity contribution in [3.05, 3.63) is 0 Å². The molecule has 1 aliphatic carbocycles. The summed E-state index contributed by atoms with van der Waals surface area (Å²) in [5, 5.41) is 9.86. The normalized spacial score (nSPS) is 40.9. The van der Waals surface area contributed by atoms with Crippen molar-refractivity contribution in [3.8, 4) is 0 Å². The maximum absolute atomic E-state index is 12.0. The van der Waals surface area contributed by atoms with E-state index in [2.05, 4.69) is 6.92 Å². The zero-order valence-corrected chi connectivity index (χ0v) is 12.4. The van der Waals surface area contributed by atoms with Crippen LogP contribution in [0.15, 0.2) is 0 Å². The molecule has 3 fully saturated rings. The molecule has 1 N–H and O–H groups in total. The summed E-state index contributed by atoms with van der Waals surface area (Å²) in [7, 11) is 0. The SMILES string of the molecule is CC1CCC(C(=O)O)(C2CCOC3(CCOCC3)C2)C1. The van der Waals surface area contributed by atoms with Crippen molar-refractivity contribution in [2.45, 2.75) is 57.5 Å². The van der Waals surface area contributed by atoms with Gasteiger partial charge >= 0.3 is 5.97 Å². The summed E-state index contributed by atoms with van der Waals surface area (Å²) in [6.45, 7) is 4.41. The minimum absolute atomic E-state index is 0.102. The van der Waals surface area contributed by atoms with E-state index in [0.29, 0.717) is 12.5 Å². The third-order valence-corrected chi connectivity index (χ3v) is 5.90. The van der Waals surface area contributed by atoms with Gasteiger partial charge in [-0.3, -0.25) is 4.79 Å². The molecule has 3 unspecified atom stereocenters. The van der Waals surface area contributed by atoms with Gasteiger partial charge in [0, 0.05) is 19.8 Å². The number of hydrogen-bond donors (Lipinski definition) is 1. The van der Waals surface area contributed by atoms with Crippen molar-refractivity contribution in [1.82, 2.24) is 0 Å². The molecular weight excluding hydrogens is 256 g/mol. The van der Waals surface area contributed by atoms with Crippen molar-refractivity contribution in [1.29, 1.82) is 0 Å². The Hall–Kier alpha value is -0.610. The highest BCUT2D eigenvalue weighted by molar-refractivity contribution is 5.75. The Morgan fingerprint density at radius 1 is 1.10 bits per heavy atom. The van der Waals surface area contributed by atoms with Gasteiger partial charge in [0.25, 0.3) is 0 Å². The van der Waals surface area contributed by atoms with Gasteiger partial charge in [-0.1, -0.05) is 6.92 Å². The Labute approximate surface area is 120 Å². The maximum Gasteiger partial charge on any atom is 0.309 e. The number of carbonyl (C=O) groups is 1. The molecule has 0 aromatic rings. The molecule has 0 radical (unpaired) electrons. The Bertz CT molecular complexity index is 369. The zero-order chi connectivity index (χ0) is 14.2. The van der Waals surface area contributed by atoms with E-state index >= 15 is 0 Å². The fraction of sp³-hybridized carbons (Fsp3) is 0.938. The Morgan fingerprint density at radius 3 is 2.45 bits per heavy atom. The molecule has 114 valence electrons. The topological polar surface area (TPSA) is 55.8 Å². The lowest BCUT2D eigenvalue weighted by molar-refractivity contribution is -0.176. The average Bonchev–Trinajstić information content (AvgIpc) is 2.83. The van der Waals surface area contributed by atoms with Gasteiger partial charge in [0.05, 0.1) is 11.0 Å². The third kappa shape index (κ3) is 2.37. The van der Waals surface area contributed by atoms with Crippen LogP contribution in [0, 0.1) is 17.3 Å². The zero-order valence-electron chi connectivity index (χ0n) is 12.4. The summed E-state index contributed by atoms with van der Waals surface area (Å²) in [4.78, 5) is 12.0. The molecule has 3 atom stereocenters. The van der Waals surface area contributed by atoms with Gasteiger partial charge in [-0.15, -0.1) is 0 Å². The van der Waals surface area contributed by atoms with Crippen LogP contribution in [0.2, 0.25) is 0 Å². The largest absolute Gasteiger partial charge is 0.481 e. The second-order valence-electron chi connectivity index (χ2n) is 7.14. The predicted molar refractivity (Wildman–Crippen MR) is 74.5 cm³/mol. The Morgan fingerprint density at radius 2 is 1.85 bits per heavy atom. The molecule has 3 rings (SSSR count). The van der Waals surface area contributed by atoms with Crippen LogP contribution >= 0.6 is 0 Å². The van der Waals surface area contributed by atoms with Gasteiger partial charge < -0.3 is 14.6 Å². The van der Waals surface area contributed by atoms with E-state index in [1.807, 2.05) is 0 Å². The van der Waals surface area contributed by atoms with Crippen LogP contribution in [-0.4, -0.2) is 36.5 Å². The van der Waals surface area contributed by atoms with Crippen molar-refractivity contribution < 1.29 is 19.4 Å². The summed E-state index contributed by atoms with van der Waals surface area (Å²) in [5.74, 6) is 0.243. The molecule has 1 saturated carbocycles. The fourth-order valence-corrected chi connectivity index (χ4v) is 4.66. The van der Waals surface area contributed by atoms with Crippen molar-refractivity contribution in [3.63, 3.8) is 0 Å². The number of carboxylic acid groups (broad SMARTS) is 1. The average molecular weight is 282 g/mol. The van der Waals surface area contributed by atoms with Gasteiger partial charge in [0.15, 0.2) is 0 Å². The molecule has 1 spiro atoms. The Balaban J connectivity index is 1.79. The lowest BCUT2D eigenvalue weighted by Gasteiger charge is -2.47. The van der Waals surface area contributed by atoms with E-state index in [9.17, 15) is 9.90 Å². The highest BCUT2D eigenvalue weighted by Gasteiger charge is 2.53. The molecule has 20 heavy (non-hydrogen) atoms. The lowest BCUT2D eigenvalue weighted by Crippen LogP contribution is -2.49. The first-order valence-corrected chi connectivity index (χ1v) is 8.01. The van der Waals surface area contributed by atoms with Crippen LogP contribution in [-0.2, 0) is 14.3 Å². The van der Waals surface area contributed by atoms with Crippen LogP contribution in [0.1, 0.15) is 51.9 Å². The lowest BCUT2D eigenvalue weighted by atomic mass is 9.65. The first-order chi connectivity index (χ1) is 9.56. The minimum Gasteiger partial charge on any atom is -0.481 e.